The zero-order valence-electron chi connectivity index (χ0n) is 12.6. The van der Waals surface area contributed by atoms with E-state index < -0.39 is 5.97 Å². The predicted octanol–water partition coefficient (Wildman–Crippen LogP) is 3.54. The Morgan fingerprint density at radius 2 is 1.70 bits per heavy atom. The lowest BCUT2D eigenvalue weighted by molar-refractivity contribution is -0.147. The fourth-order valence-corrected chi connectivity index (χ4v) is 2.82. The summed E-state index contributed by atoms with van der Waals surface area (Å²) in [6, 6.07) is 16.0. The average molecular weight is 376 g/mol. The fraction of sp³-hybridized carbons (Fsp3) is 0.278. The molecule has 1 aliphatic heterocycles. The minimum atomic E-state index is -0.696. The number of rotatable bonds is 6. The van der Waals surface area contributed by atoms with Crippen molar-refractivity contribution >= 4 is 21.9 Å². The molecule has 5 heteroatoms. The van der Waals surface area contributed by atoms with Crippen LogP contribution in [-0.4, -0.2) is 29.1 Å². The van der Waals surface area contributed by atoms with Crippen molar-refractivity contribution in [2.75, 3.05) is 13.1 Å². The maximum absolute atomic E-state index is 10.8. The van der Waals surface area contributed by atoms with Crippen molar-refractivity contribution in [2.24, 2.45) is 5.92 Å². The summed E-state index contributed by atoms with van der Waals surface area (Å²) in [5.74, 6) is -0.0647. The molecule has 2 aromatic carbocycles. The van der Waals surface area contributed by atoms with E-state index in [4.69, 9.17) is 9.84 Å². The van der Waals surface area contributed by atoms with Crippen LogP contribution in [0.2, 0.25) is 0 Å². The van der Waals surface area contributed by atoms with Gasteiger partial charge in [0, 0.05) is 24.1 Å². The third-order valence-corrected chi connectivity index (χ3v) is 4.48. The molecule has 1 heterocycles. The van der Waals surface area contributed by atoms with E-state index in [1.54, 1.807) is 0 Å². The molecule has 0 amide bonds. The summed E-state index contributed by atoms with van der Waals surface area (Å²) >= 11 is 3.41. The van der Waals surface area contributed by atoms with E-state index in [0.717, 1.165) is 22.3 Å². The third-order valence-electron chi connectivity index (χ3n) is 3.95. The van der Waals surface area contributed by atoms with Gasteiger partial charge in [-0.05, 0) is 35.4 Å². The third kappa shape index (κ3) is 4.33. The van der Waals surface area contributed by atoms with Crippen LogP contribution in [0.4, 0.5) is 0 Å². The quantitative estimate of drug-likeness (QED) is 0.838. The summed E-state index contributed by atoms with van der Waals surface area (Å²) < 4.78 is 6.83. The first-order chi connectivity index (χ1) is 11.1. The maximum atomic E-state index is 10.8. The summed E-state index contributed by atoms with van der Waals surface area (Å²) in [7, 11) is 0. The van der Waals surface area contributed by atoms with Crippen molar-refractivity contribution in [3.8, 4) is 5.75 Å². The van der Waals surface area contributed by atoms with Gasteiger partial charge >= 0.3 is 5.97 Å². The number of nitrogens with zero attached hydrogens (tertiary/aromatic N) is 1. The second-order valence-electron chi connectivity index (χ2n) is 5.79. The number of aliphatic carboxylic acids is 1. The molecule has 1 fully saturated rings. The smallest absolute Gasteiger partial charge is 0.309 e. The van der Waals surface area contributed by atoms with Gasteiger partial charge in [-0.1, -0.05) is 40.2 Å². The number of hydrogen-bond acceptors (Lipinski definition) is 3. The van der Waals surface area contributed by atoms with Crippen LogP contribution in [0.15, 0.2) is 53.0 Å². The molecule has 0 radical (unpaired) electrons. The normalized spacial score (nSPS) is 15.2. The second-order valence-corrected chi connectivity index (χ2v) is 6.70. The summed E-state index contributed by atoms with van der Waals surface area (Å²) in [5, 5.41) is 8.88. The molecule has 1 N–H and O–H groups in total. The van der Waals surface area contributed by atoms with Crippen molar-refractivity contribution in [3.63, 3.8) is 0 Å². The topological polar surface area (TPSA) is 49.8 Å². The van der Waals surface area contributed by atoms with Crippen molar-refractivity contribution < 1.29 is 14.6 Å². The molecule has 0 bridgehead atoms. The van der Waals surface area contributed by atoms with E-state index in [0.29, 0.717) is 19.7 Å². The standard InChI is InChI=1S/C18H18BrNO3/c19-16-5-1-14(2-6-16)12-23-17-7-3-13(4-8-17)9-20-10-15(11-20)18(21)22/h1-8,15H,9-12H2,(H,21,22). The van der Waals surface area contributed by atoms with Gasteiger partial charge < -0.3 is 9.84 Å². The average Bonchev–Trinajstić information content (AvgIpc) is 2.51. The molecule has 3 rings (SSSR count). The van der Waals surface area contributed by atoms with Crippen LogP contribution in [0.1, 0.15) is 11.1 Å². The van der Waals surface area contributed by atoms with Crippen LogP contribution < -0.4 is 4.74 Å². The van der Waals surface area contributed by atoms with E-state index in [1.807, 2.05) is 48.5 Å². The molecule has 120 valence electrons. The van der Waals surface area contributed by atoms with Crippen LogP contribution in [0, 0.1) is 5.92 Å². The van der Waals surface area contributed by atoms with Crippen molar-refractivity contribution in [1.82, 2.24) is 4.90 Å². The van der Waals surface area contributed by atoms with Gasteiger partial charge in [0.2, 0.25) is 0 Å². The summed E-state index contributed by atoms with van der Waals surface area (Å²) in [5.41, 5.74) is 2.29. The van der Waals surface area contributed by atoms with E-state index in [1.165, 1.54) is 5.56 Å². The lowest BCUT2D eigenvalue weighted by Crippen LogP contribution is -2.49. The Morgan fingerprint density at radius 3 is 2.30 bits per heavy atom. The van der Waals surface area contributed by atoms with Gasteiger partial charge in [-0.25, -0.2) is 0 Å². The summed E-state index contributed by atoms with van der Waals surface area (Å²) in [6.07, 6.45) is 0. The van der Waals surface area contributed by atoms with Crippen LogP contribution in [0.25, 0.3) is 0 Å². The van der Waals surface area contributed by atoms with Crippen LogP contribution in [0.5, 0.6) is 5.75 Å². The molecule has 0 saturated carbocycles. The number of hydrogen-bond donors (Lipinski definition) is 1. The molecule has 0 spiro atoms. The van der Waals surface area contributed by atoms with E-state index in [-0.39, 0.29) is 5.92 Å². The number of benzene rings is 2. The number of carboxylic acids is 1. The lowest BCUT2D eigenvalue weighted by Gasteiger charge is -2.36. The summed E-state index contributed by atoms with van der Waals surface area (Å²) in [4.78, 5) is 12.9. The first-order valence-corrected chi connectivity index (χ1v) is 8.31. The van der Waals surface area contributed by atoms with Gasteiger partial charge in [0.05, 0.1) is 5.92 Å². The SMILES string of the molecule is O=C(O)C1CN(Cc2ccc(OCc3ccc(Br)cc3)cc2)C1. The number of halogens is 1. The fourth-order valence-electron chi connectivity index (χ4n) is 2.55. The van der Waals surface area contributed by atoms with Gasteiger partial charge in [-0.15, -0.1) is 0 Å². The second kappa shape index (κ2) is 7.15. The zero-order chi connectivity index (χ0) is 16.2. The Hall–Kier alpha value is -1.85. The molecule has 0 aromatic heterocycles. The van der Waals surface area contributed by atoms with Crippen molar-refractivity contribution in [2.45, 2.75) is 13.2 Å². The highest BCUT2D eigenvalue weighted by Gasteiger charge is 2.31. The van der Waals surface area contributed by atoms with Gasteiger partial charge in [-0.2, -0.15) is 0 Å². The minimum absolute atomic E-state index is 0.205. The van der Waals surface area contributed by atoms with E-state index in [9.17, 15) is 4.79 Å². The molecular formula is C18H18BrNO3. The highest BCUT2D eigenvalue weighted by atomic mass is 79.9. The lowest BCUT2D eigenvalue weighted by atomic mass is 10.00. The van der Waals surface area contributed by atoms with Crippen molar-refractivity contribution in [3.05, 3.63) is 64.1 Å². The Bertz CT molecular complexity index is 664. The number of ether oxygens (including phenoxy) is 1. The maximum Gasteiger partial charge on any atom is 0.309 e. The van der Waals surface area contributed by atoms with E-state index >= 15 is 0 Å². The molecule has 0 unspecified atom stereocenters. The minimum Gasteiger partial charge on any atom is -0.489 e. The van der Waals surface area contributed by atoms with Gasteiger partial charge in [0.25, 0.3) is 0 Å². The van der Waals surface area contributed by atoms with Crippen LogP contribution in [0.3, 0.4) is 0 Å². The van der Waals surface area contributed by atoms with Gasteiger partial charge in [0.1, 0.15) is 12.4 Å². The van der Waals surface area contributed by atoms with Crippen LogP contribution in [-0.2, 0) is 17.9 Å². The molecule has 1 aliphatic rings. The Morgan fingerprint density at radius 1 is 1.09 bits per heavy atom. The molecule has 4 nitrogen and oxygen atoms in total. The predicted molar refractivity (Wildman–Crippen MR) is 91.3 cm³/mol. The first kappa shape index (κ1) is 16.0. The Balaban J connectivity index is 1.47. The number of carboxylic acid groups (broad SMARTS) is 1. The number of carbonyl (C=O) groups is 1. The molecule has 1 saturated heterocycles. The van der Waals surface area contributed by atoms with Crippen LogP contribution >= 0.6 is 15.9 Å². The molecular weight excluding hydrogens is 358 g/mol. The van der Waals surface area contributed by atoms with E-state index in [2.05, 4.69) is 20.8 Å². The Kier molecular flexibility index (Phi) is 4.98. The first-order valence-electron chi connectivity index (χ1n) is 7.51. The zero-order valence-corrected chi connectivity index (χ0v) is 14.2. The highest BCUT2D eigenvalue weighted by Crippen LogP contribution is 2.21. The van der Waals surface area contributed by atoms with Crippen molar-refractivity contribution in [1.29, 1.82) is 0 Å². The Labute approximate surface area is 143 Å². The molecule has 23 heavy (non-hydrogen) atoms. The molecule has 2 aromatic rings. The van der Waals surface area contributed by atoms with Gasteiger partial charge in [-0.3, -0.25) is 9.69 Å². The number of likely N-dealkylation sites (tertiary alicyclic amines) is 1. The largest absolute Gasteiger partial charge is 0.489 e. The monoisotopic (exact) mass is 375 g/mol. The molecule has 0 aliphatic carbocycles. The van der Waals surface area contributed by atoms with Gasteiger partial charge in [0.15, 0.2) is 0 Å². The summed E-state index contributed by atoms with van der Waals surface area (Å²) in [6.45, 7) is 2.60. The highest BCUT2D eigenvalue weighted by molar-refractivity contribution is 9.10. The molecule has 0 atom stereocenters.